The van der Waals surface area contributed by atoms with Gasteiger partial charge in [0.2, 0.25) is 0 Å². The summed E-state index contributed by atoms with van der Waals surface area (Å²) in [5.41, 5.74) is 0. The van der Waals surface area contributed by atoms with Crippen LogP contribution in [-0.2, 0) is 4.74 Å². The number of rotatable bonds is 3. The van der Waals surface area contributed by atoms with Gasteiger partial charge >= 0.3 is 0 Å². The predicted octanol–water partition coefficient (Wildman–Crippen LogP) is 0.724. The summed E-state index contributed by atoms with van der Waals surface area (Å²) in [5.74, 6) is 0.368. The highest BCUT2D eigenvalue weighted by molar-refractivity contribution is 4.76. The topological polar surface area (TPSA) is 32.7 Å². The van der Waals surface area contributed by atoms with E-state index in [1.807, 2.05) is 0 Å². The lowest BCUT2D eigenvalue weighted by molar-refractivity contribution is -0.0554. The Morgan fingerprint density at radius 1 is 1.54 bits per heavy atom. The van der Waals surface area contributed by atoms with Gasteiger partial charge < -0.3 is 9.84 Å². The molecule has 0 radical (unpaired) electrons. The molecule has 1 fully saturated rings. The fourth-order valence-electron chi connectivity index (χ4n) is 1.68. The molecule has 0 amide bonds. The van der Waals surface area contributed by atoms with Gasteiger partial charge in [0.15, 0.2) is 0 Å². The van der Waals surface area contributed by atoms with Crippen LogP contribution in [0.15, 0.2) is 0 Å². The van der Waals surface area contributed by atoms with Crippen LogP contribution in [-0.4, -0.2) is 48.5 Å². The first kappa shape index (κ1) is 11.0. The minimum absolute atomic E-state index is 0.276. The fourth-order valence-corrected chi connectivity index (χ4v) is 1.68. The number of aliphatic hydroxyl groups is 1. The van der Waals surface area contributed by atoms with Gasteiger partial charge in [-0.2, -0.15) is 0 Å². The van der Waals surface area contributed by atoms with Gasteiger partial charge in [-0.25, -0.2) is 0 Å². The highest BCUT2D eigenvalue weighted by Gasteiger charge is 2.24. The van der Waals surface area contributed by atoms with Crippen molar-refractivity contribution < 1.29 is 9.84 Å². The molecule has 0 aromatic heterocycles. The van der Waals surface area contributed by atoms with Crippen LogP contribution in [0.4, 0.5) is 0 Å². The van der Waals surface area contributed by atoms with Gasteiger partial charge in [-0.15, -0.1) is 0 Å². The van der Waals surface area contributed by atoms with E-state index in [1.54, 1.807) is 0 Å². The number of hydrogen-bond acceptors (Lipinski definition) is 3. The van der Waals surface area contributed by atoms with Gasteiger partial charge in [-0.1, -0.05) is 6.92 Å². The molecule has 3 atom stereocenters. The Morgan fingerprint density at radius 2 is 2.23 bits per heavy atom. The Morgan fingerprint density at radius 3 is 2.85 bits per heavy atom. The molecule has 1 N–H and O–H groups in total. The van der Waals surface area contributed by atoms with Gasteiger partial charge in [-0.3, -0.25) is 4.90 Å². The lowest BCUT2D eigenvalue weighted by Gasteiger charge is -2.37. The third-order valence-corrected chi connectivity index (χ3v) is 2.59. The van der Waals surface area contributed by atoms with E-state index in [9.17, 15) is 0 Å². The summed E-state index contributed by atoms with van der Waals surface area (Å²) < 4.78 is 5.53. The summed E-state index contributed by atoms with van der Waals surface area (Å²) in [4.78, 5) is 2.40. The van der Waals surface area contributed by atoms with Gasteiger partial charge in [0.25, 0.3) is 0 Å². The molecule has 1 saturated heterocycles. The van der Waals surface area contributed by atoms with E-state index < -0.39 is 0 Å². The molecule has 1 aliphatic rings. The van der Waals surface area contributed by atoms with Crippen molar-refractivity contribution in [2.75, 3.05) is 26.3 Å². The molecule has 1 rings (SSSR count). The molecular weight excluding hydrogens is 166 g/mol. The molecule has 3 unspecified atom stereocenters. The summed E-state index contributed by atoms with van der Waals surface area (Å²) in [7, 11) is 0. The van der Waals surface area contributed by atoms with Crippen molar-refractivity contribution in [3.05, 3.63) is 0 Å². The molecule has 13 heavy (non-hydrogen) atoms. The molecule has 1 heterocycles. The van der Waals surface area contributed by atoms with Crippen LogP contribution in [0, 0.1) is 5.92 Å². The molecule has 0 aromatic carbocycles. The van der Waals surface area contributed by atoms with Crippen LogP contribution >= 0.6 is 0 Å². The molecule has 0 saturated carbocycles. The molecule has 0 aromatic rings. The Hall–Kier alpha value is -0.120. The maximum atomic E-state index is 8.96. The third kappa shape index (κ3) is 3.25. The maximum Gasteiger partial charge on any atom is 0.0674 e. The van der Waals surface area contributed by atoms with Crippen LogP contribution in [0.1, 0.15) is 20.8 Å². The first-order valence-corrected chi connectivity index (χ1v) is 5.10. The quantitative estimate of drug-likeness (QED) is 0.707. The van der Waals surface area contributed by atoms with Crippen molar-refractivity contribution in [2.24, 2.45) is 5.92 Å². The minimum atomic E-state index is 0.276. The first-order chi connectivity index (χ1) is 6.13. The second-order valence-corrected chi connectivity index (χ2v) is 4.23. The number of nitrogens with zero attached hydrogens (tertiary/aromatic N) is 1. The van der Waals surface area contributed by atoms with E-state index >= 15 is 0 Å². The Kier molecular flexibility index (Phi) is 4.16. The average molecular weight is 187 g/mol. The predicted molar refractivity (Wildman–Crippen MR) is 52.7 cm³/mol. The van der Waals surface area contributed by atoms with E-state index in [0.717, 1.165) is 19.7 Å². The number of ether oxygens (including phenoxy) is 1. The number of aliphatic hydroxyl groups excluding tert-OH is 1. The second kappa shape index (κ2) is 4.94. The zero-order chi connectivity index (χ0) is 9.84. The molecule has 78 valence electrons. The molecule has 0 spiro atoms. The SMILES string of the molecule is CC(CO)CN1CC(C)OCC1C. The Bertz CT molecular complexity index is 152. The summed E-state index contributed by atoms with van der Waals surface area (Å²) >= 11 is 0. The second-order valence-electron chi connectivity index (χ2n) is 4.23. The highest BCUT2D eigenvalue weighted by Crippen LogP contribution is 2.12. The summed E-state index contributed by atoms with van der Waals surface area (Å²) in [5, 5.41) is 8.96. The van der Waals surface area contributed by atoms with Crippen LogP contribution in [0.5, 0.6) is 0 Å². The van der Waals surface area contributed by atoms with Gasteiger partial charge in [0, 0.05) is 25.7 Å². The van der Waals surface area contributed by atoms with Gasteiger partial charge in [-0.05, 0) is 19.8 Å². The average Bonchev–Trinajstić information content (AvgIpc) is 2.11. The van der Waals surface area contributed by atoms with E-state index in [2.05, 4.69) is 25.7 Å². The number of hydrogen-bond donors (Lipinski definition) is 1. The lowest BCUT2D eigenvalue weighted by Crippen LogP contribution is -2.49. The van der Waals surface area contributed by atoms with Crippen molar-refractivity contribution in [1.29, 1.82) is 0 Å². The lowest BCUT2D eigenvalue weighted by atomic mass is 10.1. The molecule has 0 aliphatic carbocycles. The highest BCUT2D eigenvalue weighted by atomic mass is 16.5. The molecule has 0 bridgehead atoms. The number of morpholine rings is 1. The van der Waals surface area contributed by atoms with Crippen molar-refractivity contribution in [3.63, 3.8) is 0 Å². The van der Waals surface area contributed by atoms with Gasteiger partial charge in [0.1, 0.15) is 0 Å². The molecule has 1 aliphatic heterocycles. The zero-order valence-electron chi connectivity index (χ0n) is 8.86. The summed E-state index contributed by atoms with van der Waals surface area (Å²) in [6, 6.07) is 0.491. The van der Waals surface area contributed by atoms with Crippen LogP contribution in [0.3, 0.4) is 0 Å². The smallest absolute Gasteiger partial charge is 0.0674 e. The van der Waals surface area contributed by atoms with E-state index in [-0.39, 0.29) is 6.61 Å². The van der Waals surface area contributed by atoms with Crippen molar-refractivity contribution in [3.8, 4) is 0 Å². The standard InChI is InChI=1S/C10H21NO2/c1-8(6-12)4-11-5-10(3)13-7-9(11)2/h8-10,12H,4-7H2,1-3H3. The third-order valence-electron chi connectivity index (χ3n) is 2.59. The molecular formula is C10H21NO2. The zero-order valence-corrected chi connectivity index (χ0v) is 8.86. The van der Waals surface area contributed by atoms with E-state index in [0.29, 0.717) is 18.1 Å². The van der Waals surface area contributed by atoms with Crippen molar-refractivity contribution in [2.45, 2.75) is 32.9 Å². The van der Waals surface area contributed by atoms with Crippen molar-refractivity contribution in [1.82, 2.24) is 4.90 Å². The van der Waals surface area contributed by atoms with Crippen LogP contribution in [0.2, 0.25) is 0 Å². The maximum absolute atomic E-state index is 8.96. The van der Waals surface area contributed by atoms with Crippen LogP contribution < -0.4 is 0 Å². The molecule has 3 nitrogen and oxygen atoms in total. The Balaban J connectivity index is 2.37. The monoisotopic (exact) mass is 187 g/mol. The first-order valence-electron chi connectivity index (χ1n) is 5.10. The summed E-state index contributed by atoms with van der Waals surface area (Å²) in [6.45, 7) is 9.42. The van der Waals surface area contributed by atoms with Crippen LogP contribution in [0.25, 0.3) is 0 Å². The van der Waals surface area contributed by atoms with E-state index in [4.69, 9.17) is 9.84 Å². The van der Waals surface area contributed by atoms with Crippen molar-refractivity contribution >= 4 is 0 Å². The largest absolute Gasteiger partial charge is 0.396 e. The fraction of sp³-hybridized carbons (Fsp3) is 1.00. The van der Waals surface area contributed by atoms with E-state index in [1.165, 1.54) is 0 Å². The normalized spacial score (nSPS) is 33.2. The Labute approximate surface area is 80.7 Å². The van der Waals surface area contributed by atoms with Gasteiger partial charge in [0.05, 0.1) is 12.7 Å². The summed E-state index contributed by atoms with van der Waals surface area (Å²) in [6.07, 6.45) is 0.335. The minimum Gasteiger partial charge on any atom is -0.396 e. The molecule has 3 heteroatoms.